The van der Waals surface area contributed by atoms with Crippen molar-refractivity contribution in [3.8, 4) is 23.0 Å². The third-order valence-corrected chi connectivity index (χ3v) is 6.95. The van der Waals surface area contributed by atoms with Gasteiger partial charge in [0.05, 0.1) is 19.9 Å². The van der Waals surface area contributed by atoms with Crippen LogP contribution in [0.25, 0.3) is 11.5 Å². The summed E-state index contributed by atoms with van der Waals surface area (Å²) in [6, 6.07) is 5.65. The maximum absolute atomic E-state index is 12.6. The number of carbonyl (C=O) groups excluding carboxylic acids is 1. The summed E-state index contributed by atoms with van der Waals surface area (Å²) in [4.78, 5) is 22.1. The number of piperidine rings is 1. The van der Waals surface area contributed by atoms with Crippen LogP contribution in [0.1, 0.15) is 51.0 Å². The summed E-state index contributed by atoms with van der Waals surface area (Å²) in [5.74, 6) is 3.03. The second kappa shape index (κ2) is 13.5. The Bertz CT molecular complexity index is 933. The van der Waals surface area contributed by atoms with E-state index in [1.165, 1.54) is 0 Å². The van der Waals surface area contributed by atoms with Gasteiger partial charge in [0.25, 0.3) is 0 Å². The quantitative estimate of drug-likeness (QED) is 0.427. The Balaban J connectivity index is 1.45. The molecule has 35 heavy (non-hydrogen) atoms. The van der Waals surface area contributed by atoms with Gasteiger partial charge in [0, 0.05) is 24.6 Å². The summed E-state index contributed by atoms with van der Waals surface area (Å²) < 4.78 is 16.7. The van der Waals surface area contributed by atoms with Crippen molar-refractivity contribution in [2.45, 2.75) is 53.0 Å². The molecule has 1 aromatic heterocycles. The average molecular weight is 487 g/mol. The topological polar surface area (TPSA) is 80.1 Å². The van der Waals surface area contributed by atoms with Gasteiger partial charge in [-0.1, -0.05) is 13.8 Å². The summed E-state index contributed by atoms with van der Waals surface area (Å²) in [5.41, 5.74) is 1.79. The van der Waals surface area contributed by atoms with E-state index in [1.54, 1.807) is 14.2 Å². The minimum atomic E-state index is 0.106. The van der Waals surface area contributed by atoms with Gasteiger partial charge in [-0.25, -0.2) is 4.98 Å². The number of nitrogens with one attached hydrogen (secondary N) is 1. The van der Waals surface area contributed by atoms with Crippen LogP contribution in [-0.2, 0) is 11.3 Å². The number of ether oxygens (including phenoxy) is 2. The molecule has 1 amide bonds. The predicted molar refractivity (Wildman–Crippen MR) is 138 cm³/mol. The van der Waals surface area contributed by atoms with Gasteiger partial charge in [-0.2, -0.15) is 0 Å². The monoisotopic (exact) mass is 486 g/mol. The van der Waals surface area contributed by atoms with Crippen molar-refractivity contribution in [3.63, 3.8) is 0 Å². The number of hydrogen-bond acceptors (Lipinski definition) is 7. The van der Waals surface area contributed by atoms with E-state index in [0.717, 1.165) is 88.5 Å². The largest absolute Gasteiger partial charge is 0.493 e. The van der Waals surface area contributed by atoms with Crippen molar-refractivity contribution in [2.24, 2.45) is 5.92 Å². The van der Waals surface area contributed by atoms with Crippen molar-refractivity contribution >= 4 is 5.91 Å². The predicted octanol–water partition coefficient (Wildman–Crippen LogP) is 4.12. The highest BCUT2D eigenvalue weighted by molar-refractivity contribution is 5.78. The molecule has 1 saturated heterocycles. The molecule has 2 aromatic rings. The number of unbranched alkanes of at least 4 members (excludes halogenated alkanes) is 1. The van der Waals surface area contributed by atoms with Gasteiger partial charge in [-0.15, -0.1) is 0 Å². The third kappa shape index (κ3) is 7.45. The van der Waals surface area contributed by atoms with Crippen LogP contribution in [-0.4, -0.2) is 74.2 Å². The maximum Gasteiger partial charge on any atom is 0.226 e. The molecule has 0 bridgehead atoms. The second-order valence-corrected chi connectivity index (χ2v) is 9.17. The molecule has 0 radical (unpaired) electrons. The summed E-state index contributed by atoms with van der Waals surface area (Å²) in [6.45, 7) is 12.9. The SMILES string of the molecule is CCN(CC)CCCCNC(=O)C1CCN(Cc2nc(-c3ccc(OC)c(OC)c3)oc2C)CC1. The standard InChI is InChI=1S/C27H42N4O4/c1-6-30(7-2)15-9-8-14-28-26(32)21-12-16-31(17-13-21)19-23-20(3)35-27(29-23)22-10-11-24(33-4)25(18-22)34-5/h10-11,18,21H,6-9,12-17,19H2,1-5H3,(H,28,32). The molecule has 1 N–H and O–H groups in total. The van der Waals surface area contributed by atoms with E-state index in [-0.39, 0.29) is 11.8 Å². The van der Waals surface area contributed by atoms with E-state index in [4.69, 9.17) is 18.9 Å². The molecule has 194 valence electrons. The van der Waals surface area contributed by atoms with Crippen molar-refractivity contribution in [3.05, 3.63) is 29.7 Å². The number of benzene rings is 1. The van der Waals surface area contributed by atoms with Crippen LogP contribution in [0.4, 0.5) is 0 Å². The van der Waals surface area contributed by atoms with Crippen LogP contribution in [0.15, 0.2) is 22.6 Å². The number of carbonyl (C=O) groups is 1. The van der Waals surface area contributed by atoms with Crippen LogP contribution in [0, 0.1) is 12.8 Å². The zero-order chi connectivity index (χ0) is 25.2. The Labute approximate surface area is 210 Å². The van der Waals surface area contributed by atoms with E-state index >= 15 is 0 Å². The molecule has 0 aliphatic carbocycles. The lowest BCUT2D eigenvalue weighted by Crippen LogP contribution is -2.40. The lowest BCUT2D eigenvalue weighted by Gasteiger charge is -2.30. The molecule has 1 fully saturated rings. The zero-order valence-corrected chi connectivity index (χ0v) is 22.1. The minimum absolute atomic E-state index is 0.106. The first-order chi connectivity index (χ1) is 17.0. The number of nitrogens with zero attached hydrogens (tertiary/aromatic N) is 3. The number of hydrogen-bond donors (Lipinski definition) is 1. The number of methoxy groups -OCH3 is 2. The molecular formula is C27H42N4O4. The first-order valence-corrected chi connectivity index (χ1v) is 12.9. The number of aromatic nitrogens is 1. The van der Waals surface area contributed by atoms with Gasteiger partial charge in [-0.05, 0) is 83.5 Å². The molecule has 1 aliphatic rings. The van der Waals surface area contributed by atoms with Crippen LogP contribution in [0.2, 0.25) is 0 Å². The molecule has 0 atom stereocenters. The lowest BCUT2D eigenvalue weighted by atomic mass is 9.95. The van der Waals surface area contributed by atoms with Crippen molar-refractivity contribution in [1.29, 1.82) is 0 Å². The summed E-state index contributed by atoms with van der Waals surface area (Å²) in [5, 5.41) is 3.15. The van der Waals surface area contributed by atoms with Gasteiger partial charge >= 0.3 is 0 Å². The van der Waals surface area contributed by atoms with Crippen LogP contribution < -0.4 is 14.8 Å². The molecule has 8 heteroatoms. The Morgan fingerprint density at radius 2 is 1.86 bits per heavy atom. The Morgan fingerprint density at radius 1 is 1.14 bits per heavy atom. The number of aryl methyl sites for hydroxylation is 1. The molecular weight excluding hydrogens is 444 g/mol. The number of likely N-dealkylation sites (tertiary alicyclic amines) is 1. The Kier molecular flexibility index (Phi) is 10.4. The van der Waals surface area contributed by atoms with Gasteiger partial charge in [0.1, 0.15) is 5.76 Å². The fraction of sp³-hybridized carbons (Fsp3) is 0.630. The summed E-state index contributed by atoms with van der Waals surface area (Å²) in [7, 11) is 3.23. The van der Waals surface area contributed by atoms with Crippen molar-refractivity contribution in [1.82, 2.24) is 20.1 Å². The minimum Gasteiger partial charge on any atom is -0.493 e. The van der Waals surface area contributed by atoms with Gasteiger partial charge in [0.15, 0.2) is 11.5 Å². The molecule has 0 spiro atoms. The zero-order valence-electron chi connectivity index (χ0n) is 22.1. The third-order valence-electron chi connectivity index (χ3n) is 6.95. The fourth-order valence-electron chi connectivity index (χ4n) is 4.59. The van der Waals surface area contributed by atoms with Crippen LogP contribution in [0.5, 0.6) is 11.5 Å². The fourth-order valence-corrected chi connectivity index (χ4v) is 4.59. The highest BCUT2D eigenvalue weighted by Crippen LogP contribution is 2.33. The Morgan fingerprint density at radius 3 is 2.51 bits per heavy atom. The highest BCUT2D eigenvalue weighted by Gasteiger charge is 2.26. The molecule has 0 unspecified atom stereocenters. The molecule has 0 saturated carbocycles. The highest BCUT2D eigenvalue weighted by atomic mass is 16.5. The van der Waals surface area contributed by atoms with Crippen LogP contribution >= 0.6 is 0 Å². The van der Waals surface area contributed by atoms with Gasteiger partial charge in [-0.3, -0.25) is 9.69 Å². The first-order valence-electron chi connectivity index (χ1n) is 12.9. The van der Waals surface area contributed by atoms with Crippen LogP contribution in [0.3, 0.4) is 0 Å². The smallest absolute Gasteiger partial charge is 0.226 e. The number of oxazole rings is 1. The number of rotatable bonds is 13. The van der Waals surface area contributed by atoms with Gasteiger partial charge < -0.3 is 24.1 Å². The van der Waals surface area contributed by atoms with E-state index in [9.17, 15) is 4.79 Å². The number of amides is 1. The van der Waals surface area contributed by atoms with E-state index in [1.807, 2.05) is 25.1 Å². The second-order valence-electron chi connectivity index (χ2n) is 9.17. The van der Waals surface area contributed by atoms with E-state index in [2.05, 4.69) is 29.0 Å². The summed E-state index contributed by atoms with van der Waals surface area (Å²) in [6.07, 6.45) is 3.92. The molecule has 8 nitrogen and oxygen atoms in total. The van der Waals surface area contributed by atoms with E-state index in [0.29, 0.717) is 17.4 Å². The van der Waals surface area contributed by atoms with Gasteiger partial charge in [0.2, 0.25) is 11.8 Å². The Hall–Kier alpha value is -2.58. The normalized spacial score (nSPS) is 14.9. The molecule has 2 heterocycles. The van der Waals surface area contributed by atoms with Crippen molar-refractivity contribution in [2.75, 3.05) is 53.5 Å². The molecule has 1 aliphatic heterocycles. The molecule has 1 aromatic carbocycles. The van der Waals surface area contributed by atoms with Crippen molar-refractivity contribution < 1.29 is 18.7 Å². The first kappa shape index (κ1) is 27.0. The lowest BCUT2D eigenvalue weighted by molar-refractivity contribution is -0.126. The maximum atomic E-state index is 12.6. The molecule has 3 rings (SSSR count). The van der Waals surface area contributed by atoms with E-state index < -0.39 is 0 Å². The average Bonchev–Trinajstić information content (AvgIpc) is 3.25. The summed E-state index contributed by atoms with van der Waals surface area (Å²) >= 11 is 0.